The van der Waals surface area contributed by atoms with E-state index < -0.39 is 0 Å². The molecule has 5 heteroatoms. The van der Waals surface area contributed by atoms with E-state index in [2.05, 4.69) is 38.3 Å². The Labute approximate surface area is 144 Å². The van der Waals surface area contributed by atoms with Crippen molar-refractivity contribution in [1.29, 1.82) is 0 Å². The fraction of sp³-hybridized carbons (Fsp3) is 0.579. The van der Waals surface area contributed by atoms with Crippen LogP contribution in [0.3, 0.4) is 0 Å². The third-order valence-electron chi connectivity index (χ3n) is 4.63. The van der Waals surface area contributed by atoms with Crippen LogP contribution in [0.4, 0.5) is 5.69 Å². The Hall–Kier alpha value is -1.88. The van der Waals surface area contributed by atoms with Crippen molar-refractivity contribution in [2.75, 3.05) is 18.9 Å². The highest BCUT2D eigenvalue weighted by atomic mass is 16.2. The first-order valence-electron chi connectivity index (χ1n) is 8.58. The number of hydrogen-bond donors (Lipinski definition) is 2. The van der Waals surface area contributed by atoms with Crippen molar-refractivity contribution >= 4 is 17.5 Å². The van der Waals surface area contributed by atoms with E-state index in [4.69, 9.17) is 0 Å². The largest absolute Gasteiger partial charge is 0.349 e. The van der Waals surface area contributed by atoms with Gasteiger partial charge in [-0.1, -0.05) is 26.8 Å². The van der Waals surface area contributed by atoms with Gasteiger partial charge in [0.1, 0.15) is 0 Å². The normalized spacial score (nSPS) is 15.9. The molecule has 132 valence electrons. The molecular formula is C19H29N3O2. The molecule has 0 aromatic heterocycles. The van der Waals surface area contributed by atoms with Crippen molar-refractivity contribution in [3.8, 4) is 0 Å². The molecule has 1 aliphatic carbocycles. The van der Waals surface area contributed by atoms with Gasteiger partial charge >= 0.3 is 0 Å². The maximum atomic E-state index is 12.3. The molecule has 1 aromatic rings. The molecule has 1 fully saturated rings. The first kappa shape index (κ1) is 18.5. The lowest BCUT2D eigenvalue weighted by atomic mass is 9.87. The predicted octanol–water partition coefficient (Wildman–Crippen LogP) is 2.88. The fourth-order valence-corrected chi connectivity index (χ4v) is 2.46. The van der Waals surface area contributed by atoms with E-state index in [0.717, 1.165) is 12.8 Å². The molecular weight excluding hydrogens is 302 g/mol. The molecule has 1 aliphatic rings. The molecule has 1 unspecified atom stereocenters. The molecule has 0 aliphatic heterocycles. The number of benzene rings is 1. The highest BCUT2D eigenvalue weighted by Crippen LogP contribution is 2.23. The highest BCUT2D eigenvalue weighted by Gasteiger charge is 2.25. The molecule has 0 heterocycles. The number of carbonyl (C=O) groups is 2. The van der Waals surface area contributed by atoms with E-state index in [9.17, 15) is 9.59 Å². The van der Waals surface area contributed by atoms with Crippen LogP contribution in [-0.2, 0) is 4.79 Å². The van der Waals surface area contributed by atoms with Gasteiger partial charge in [-0.3, -0.25) is 14.5 Å². The molecule has 2 amide bonds. The van der Waals surface area contributed by atoms with Gasteiger partial charge in [0.2, 0.25) is 5.91 Å². The zero-order chi connectivity index (χ0) is 17.9. The number of rotatable bonds is 6. The van der Waals surface area contributed by atoms with Crippen molar-refractivity contribution in [3.63, 3.8) is 0 Å². The lowest BCUT2D eigenvalue weighted by molar-refractivity contribution is -0.117. The van der Waals surface area contributed by atoms with Crippen LogP contribution >= 0.6 is 0 Å². The van der Waals surface area contributed by atoms with Gasteiger partial charge in [0, 0.05) is 23.3 Å². The van der Waals surface area contributed by atoms with E-state index >= 15 is 0 Å². The topological polar surface area (TPSA) is 61.4 Å². The van der Waals surface area contributed by atoms with E-state index in [-0.39, 0.29) is 23.3 Å². The zero-order valence-corrected chi connectivity index (χ0v) is 15.3. The molecule has 0 saturated heterocycles. The summed E-state index contributed by atoms with van der Waals surface area (Å²) in [5.74, 6) is -0.152. The maximum Gasteiger partial charge on any atom is 0.251 e. The Morgan fingerprint density at radius 1 is 1.29 bits per heavy atom. The van der Waals surface area contributed by atoms with Crippen molar-refractivity contribution in [2.24, 2.45) is 5.41 Å². The first-order chi connectivity index (χ1) is 11.2. The van der Waals surface area contributed by atoms with Crippen molar-refractivity contribution < 1.29 is 9.59 Å². The van der Waals surface area contributed by atoms with Gasteiger partial charge in [-0.15, -0.1) is 0 Å². The average Bonchev–Trinajstić information content (AvgIpc) is 3.29. The summed E-state index contributed by atoms with van der Waals surface area (Å²) in [6.07, 6.45) is 2.11. The zero-order valence-electron chi connectivity index (χ0n) is 15.3. The summed E-state index contributed by atoms with van der Waals surface area (Å²) in [7, 11) is 1.95. The first-order valence-corrected chi connectivity index (χ1v) is 8.58. The van der Waals surface area contributed by atoms with Crippen LogP contribution in [0.5, 0.6) is 0 Å². The molecule has 24 heavy (non-hydrogen) atoms. The van der Waals surface area contributed by atoms with Crippen LogP contribution in [0.25, 0.3) is 0 Å². The van der Waals surface area contributed by atoms with E-state index in [1.807, 2.05) is 11.9 Å². The van der Waals surface area contributed by atoms with Crippen LogP contribution < -0.4 is 10.6 Å². The fourth-order valence-electron chi connectivity index (χ4n) is 2.46. The Balaban J connectivity index is 1.92. The smallest absolute Gasteiger partial charge is 0.251 e. The van der Waals surface area contributed by atoms with Gasteiger partial charge in [0.05, 0.1) is 6.54 Å². The molecule has 0 spiro atoms. The molecule has 5 nitrogen and oxygen atoms in total. The van der Waals surface area contributed by atoms with Crippen LogP contribution in [0, 0.1) is 5.41 Å². The van der Waals surface area contributed by atoms with Crippen LogP contribution in [0.1, 0.15) is 50.9 Å². The SMILES string of the molecule is CC(N(C)CC(=O)Nc1cccc(C(=O)NC2CC2)c1)C(C)(C)C. The molecule has 1 atom stereocenters. The summed E-state index contributed by atoms with van der Waals surface area (Å²) in [6, 6.07) is 7.68. The summed E-state index contributed by atoms with van der Waals surface area (Å²) in [6.45, 7) is 8.92. The molecule has 1 aromatic carbocycles. The minimum Gasteiger partial charge on any atom is -0.349 e. The molecule has 2 N–H and O–H groups in total. The van der Waals surface area contributed by atoms with Crippen LogP contribution in [-0.4, -0.2) is 42.4 Å². The maximum absolute atomic E-state index is 12.3. The molecule has 1 saturated carbocycles. The van der Waals surface area contributed by atoms with E-state index in [1.54, 1.807) is 24.3 Å². The summed E-state index contributed by atoms with van der Waals surface area (Å²) in [5.41, 5.74) is 1.34. The second-order valence-corrected chi connectivity index (χ2v) is 7.83. The Morgan fingerprint density at radius 2 is 1.96 bits per heavy atom. The van der Waals surface area contributed by atoms with Gasteiger partial charge in [-0.05, 0) is 50.4 Å². The molecule has 2 rings (SSSR count). The molecule has 0 bridgehead atoms. The van der Waals surface area contributed by atoms with Crippen LogP contribution in [0.2, 0.25) is 0 Å². The Kier molecular flexibility index (Phi) is 5.65. The lowest BCUT2D eigenvalue weighted by Crippen LogP contribution is -2.43. The van der Waals surface area contributed by atoms with E-state index in [0.29, 0.717) is 23.8 Å². The summed E-state index contributed by atoms with van der Waals surface area (Å²) in [4.78, 5) is 26.4. The molecule has 0 radical (unpaired) electrons. The van der Waals surface area contributed by atoms with Gasteiger partial charge in [-0.25, -0.2) is 0 Å². The third-order valence-corrected chi connectivity index (χ3v) is 4.63. The number of hydrogen-bond acceptors (Lipinski definition) is 3. The Bertz CT molecular complexity index is 603. The number of amides is 2. The standard InChI is InChI=1S/C19H29N3O2/c1-13(19(2,3)4)22(5)12-17(23)20-16-8-6-7-14(11-16)18(24)21-15-9-10-15/h6-8,11,13,15H,9-10,12H2,1-5H3,(H,20,23)(H,21,24). The summed E-state index contributed by atoms with van der Waals surface area (Å²) < 4.78 is 0. The predicted molar refractivity (Wildman–Crippen MR) is 97.1 cm³/mol. The summed E-state index contributed by atoms with van der Waals surface area (Å²) in [5, 5.41) is 5.84. The van der Waals surface area contributed by atoms with Crippen molar-refractivity contribution in [1.82, 2.24) is 10.2 Å². The lowest BCUT2D eigenvalue weighted by Gasteiger charge is -2.34. The van der Waals surface area contributed by atoms with Crippen LogP contribution in [0.15, 0.2) is 24.3 Å². The number of nitrogens with zero attached hydrogens (tertiary/aromatic N) is 1. The third kappa shape index (κ3) is 5.34. The number of carbonyl (C=O) groups excluding carboxylic acids is 2. The number of likely N-dealkylation sites (N-methyl/N-ethyl adjacent to an activating group) is 1. The van der Waals surface area contributed by atoms with Gasteiger partial charge in [-0.2, -0.15) is 0 Å². The average molecular weight is 331 g/mol. The van der Waals surface area contributed by atoms with Gasteiger partial charge in [0.15, 0.2) is 0 Å². The minimum absolute atomic E-state index is 0.0756. The van der Waals surface area contributed by atoms with E-state index in [1.165, 1.54) is 0 Å². The van der Waals surface area contributed by atoms with Gasteiger partial charge < -0.3 is 10.6 Å². The second-order valence-electron chi connectivity index (χ2n) is 7.83. The second kappa shape index (κ2) is 7.34. The van der Waals surface area contributed by atoms with Gasteiger partial charge in [0.25, 0.3) is 5.91 Å². The number of nitrogens with one attached hydrogen (secondary N) is 2. The number of anilines is 1. The van der Waals surface area contributed by atoms with Crippen molar-refractivity contribution in [2.45, 2.75) is 52.6 Å². The minimum atomic E-state index is -0.0768. The monoisotopic (exact) mass is 331 g/mol. The Morgan fingerprint density at radius 3 is 2.54 bits per heavy atom. The summed E-state index contributed by atoms with van der Waals surface area (Å²) >= 11 is 0. The quantitative estimate of drug-likeness (QED) is 0.842. The highest BCUT2D eigenvalue weighted by molar-refractivity contribution is 5.97. The van der Waals surface area contributed by atoms with Crippen molar-refractivity contribution in [3.05, 3.63) is 29.8 Å².